The molecule has 2 fully saturated rings. The number of halogens is 3. The van der Waals surface area contributed by atoms with E-state index in [9.17, 15) is 23.2 Å². The molecule has 0 radical (unpaired) electrons. The Morgan fingerprint density at radius 1 is 1.17 bits per heavy atom. The molecule has 2 aliphatic rings. The number of rotatable bonds is 7. The molecule has 0 saturated carbocycles. The van der Waals surface area contributed by atoms with Crippen molar-refractivity contribution in [3.8, 4) is 11.4 Å². The van der Waals surface area contributed by atoms with Crippen LogP contribution in [0.1, 0.15) is 59.8 Å². The molecule has 1 unspecified atom stereocenters. The van der Waals surface area contributed by atoms with Gasteiger partial charge < -0.3 is 15.2 Å². The van der Waals surface area contributed by atoms with Gasteiger partial charge in [-0.2, -0.15) is 14.3 Å². The number of ether oxygens (including phenoxy) is 1. The van der Waals surface area contributed by atoms with E-state index in [1.807, 2.05) is 0 Å². The molecule has 41 heavy (non-hydrogen) atoms. The Labute approximate surface area is 235 Å². The number of piperidine rings is 1. The van der Waals surface area contributed by atoms with E-state index in [2.05, 4.69) is 44.5 Å². The highest BCUT2D eigenvalue weighted by molar-refractivity contribution is 5.63. The number of aromatic nitrogens is 6. The summed E-state index contributed by atoms with van der Waals surface area (Å²) >= 11 is 0. The van der Waals surface area contributed by atoms with E-state index in [0.717, 1.165) is 33.1 Å². The van der Waals surface area contributed by atoms with Crippen molar-refractivity contribution in [3.05, 3.63) is 40.4 Å². The Bertz CT molecular complexity index is 1420. The highest BCUT2D eigenvalue weighted by atomic mass is 19.2. The third-order valence-corrected chi connectivity index (χ3v) is 7.14. The van der Waals surface area contributed by atoms with Crippen LogP contribution in [-0.4, -0.2) is 70.1 Å². The Hall–Kier alpha value is -3.72. The zero-order valence-corrected chi connectivity index (χ0v) is 23.8. The van der Waals surface area contributed by atoms with Gasteiger partial charge in [-0.25, -0.2) is 24.1 Å². The van der Waals surface area contributed by atoms with Crippen LogP contribution in [0.3, 0.4) is 0 Å². The van der Waals surface area contributed by atoms with Crippen LogP contribution in [0.5, 0.6) is 5.75 Å². The number of nitrogens with zero attached hydrogens (tertiary/aromatic N) is 7. The summed E-state index contributed by atoms with van der Waals surface area (Å²) in [7, 11) is 1.36. The van der Waals surface area contributed by atoms with E-state index >= 15 is 0 Å². The summed E-state index contributed by atoms with van der Waals surface area (Å²) < 4.78 is 47.8. The van der Waals surface area contributed by atoms with Crippen molar-refractivity contribution in [2.75, 3.05) is 24.0 Å². The minimum Gasteiger partial charge on any atom is -0.488 e. The predicted molar refractivity (Wildman–Crippen MR) is 146 cm³/mol. The second-order valence-electron chi connectivity index (χ2n) is 11.5. The number of aryl methyl sites for hydroxylation is 1. The number of benzene rings is 1. The van der Waals surface area contributed by atoms with E-state index in [0.29, 0.717) is 11.7 Å². The molecule has 4 heterocycles. The van der Waals surface area contributed by atoms with E-state index in [4.69, 9.17) is 4.74 Å². The van der Waals surface area contributed by atoms with Crippen molar-refractivity contribution in [1.29, 1.82) is 0 Å². The molecule has 15 heteroatoms. The Kier molecular flexibility index (Phi) is 8.87. The first kappa shape index (κ1) is 30.2. The van der Waals surface area contributed by atoms with Crippen molar-refractivity contribution in [2.24, 2.45) is 7.05 Å². The molecule has 0 bridgehead atoms. The molecular weight excluding hydrogens is 543 g/mol. The van der Waals surface area contributed by atoms with E-state index < -0.39 is 28.7 Å². The summed E-state index contributed by atoms with van der Waals surface area (Å²) in [6, 6.07) is 3.04. The number of tetrazole rings is 1. The highest BCUT2D eigenvalue weighted by Gasteiger charge is 2.38. The number of aliphatic hydroxyl groups is 1. The van der Waals surface area contributed by atoms with Crippen LogP contribution in [0.2, 0.25) is 0 Å². The van der Waals surface area contributed by atoms with Crippen LogP contribution in [0.25, 0.3) is 5.69 Å². The lowest BCUT2D eigenvalue weighted by Gasteiger charge is -2.44. The lowest BCUT2D eigenvalue weighted by atomic mass is 9.87. The first-order valence-corrected chi connectivity index (χ1v) is 13.4. The Morgan fingerprint density at radius 3 is 2.54 bits per heavy atom. The lowest BCUT2D eigenvalue weighted by molar-refractivity contribution is 0.0283. The molecule has 0 spiro atoms. The van der Waals surface area contributed by atoms with Gasteiger partial charge in [0.05, 0.1) is 17.5 Å². The van der Waals surface area contributed by atoms with Gasteiger partial charge in [0.1, 0.15) is 18.0 Å². The molecule has 1 aromatic carbocycles. The van der Waals surface area contributed by atoms with Gasteiger partial charge in [0.25, 0.3) is 0 Å². The maximum atomic E-state index is 14.7. The van der Waals surface area contributed by atoms with Crippen molar-refractivity contribution in [3.63, 3.8) is 0 Å². The normalized spacial score (nSPS) is 18.3. The summed E-state index contributed by atoms with van der Waals surface area (Å²) in [4.78, 5) is 22.1. The van der Waals surface area contributed by atoms with Crippen LogP contribution < -0.4 is 21.3 Å². The standard InChI is InChI=1S/C16H17F3N8O3.C10H19N/c1-16(2,29)7-30-12-4-8(17)10(5-11(12)27-15(28)26(3)24-25-27)21-14-20-6-9(18)13(22-14)23-19;1-10(2)7-3-5-9-6-4-8-11(9)10/h4-6,29H,7H2,1-3H3,(H2,20,21,22,23);9H,3-8H2,1-2H3. The second-order valence-corrected chi connectivity index (χ2v) is 11.5. The molecule has 3 N–H and O–H groups in total. The summed E-state index contributed by atoms with van der Waals surface area (Å²) in [5.41, 5.74) is -0.572. The molecule has 2 saturated heterocycles. The van der Waals surface area contributed by atoms with Crippen molar-refractivity contribution in [2.45, 2.75) is 77.0 Å². The molecule has 1 atom stereocenters. The fourth-order valence-corrected chi connectivity index (χ4v) is 5.10. The number of anilines is 3. The number of fused-ring (bicyclic) bond motifs is 1. The topological polar surface area (TPSA) is 135 Å². The van der Waals surface area contributed by atoms with Gasteiger partial charge in [-0.05, 0) is 76.4 Å². The minimum atomic E-state index is -1.24. The number of nitrogens with one attached hydrogen (secondary N) is 2. The molecule has 5 rings (SSSR count). The summed E-state index contributed by atoms with van der Waals surface area (Å²) in [6.07, 6.45) is 7.91. The number of hydrogen-bond acceptors (Lipinski definition) is 10. The van der Waals surface area contributed by atoms with Gasteiger partial charge in [0, 0.05) is 24.7 Å². The Balaban J connectivity index is 0.000000291. The van der Waals surface area contributed by atoms with Crippen molar-refractivity contribution < 1.29 is 23.1 Å². The van der Waals surface area contributed by atoms with Gasteiger partial charge in [0.2, 0.25) is 5.95 Å². The maximum Gasteiger partial charge on any atom is 0.368 e. The highest BCUT2D eigenvalue weighted by Crippen LogP contribution is 2.37. The molecule has 0 aliphatic carbocycles. The predicted octanol–water partition coefficient (Wildman–Crippen LogP) is 3.64. The average Bonchev–Trinajstić information content (AvgIpc) is 3.52. The molecular formula is C26H36F3N9O3. The van der Waals surface area contributed by atoms with Crippen molar-refractivity contribution >= 4 is 17.5 Å². The molecule has 3 aromatic rings. The minimum absolute atomic E-state index is 0.00722. The molecule has 224 valence electrons. The Morgan fingerprint density at radius 2 is 1.90 bits per heavy atom. The van der Waals surface area contributed by atoms with Crippen LogP contribution >= 0.6 is 0 Å². The first-order valence-electron chi connectivity index (χ1n) is 13.4. The third-order valence-electron chi connectivity index (χ3n) is 7.14. The van der Waals surface area contributed by atoms with Crippen LogP contribution in [0.4, 0.5) is 30.7 Å². The maximum absolute atomic E-state index is 14.7. The third kappa shape index (κ3) is 7.14. The smallest absolute Gasteiger partial charge is 0.368 e. The molecule has 12 nitrogen and oxygen atoms in total. The van der Waals surface area contributed by atoms with Crippen molar-refractivity contribution in [1.82, 2.24) is 34.7 Å². The summed E-state index contributed by atoms with van der Waals surface area (Å²) in [5.74, 6) is -3.08. The second kappa shape index (κ2) is 12.0. The van der Waals surface area contributed by atoms with Crippen LogP contribution in [-0.2, 0) is 7.05 Å². The lowest BCUT2D eigenvalue weighted by Crippen LogP contribution is -2.49. The van der Waals surface area contributed by atoms with E-state index in [-0.39, 0.29) is 29.7 Å². The number of hydrogen-bond donors (Lipinski definition) is 3. The molecule has 0 amide bonds. The van der Waals surface area contributed by atoms with Gasteiger partial charge in [-0.1, -0.05) is 6.42 Å². The van der Waals surface area contributed by atoms with E-state index in [1.54, 1.807) is 0 Å². The fraction of sp³-hybridized carbons (Fsp3) is 0.577. The molecule has 2 aromatic heterocycles. The van der Waals surface area contributed by atoms with Crippen LogP contribution in [0, 0.1) is 11.6 Å². The quantitative estimate of drug-likeness (QED) is 0.356. The van der Waals surface area contributed by atoms with Crippen LogP contribution in [0.15, 0.2) is 23.1 Å². The SMILES string of the molecule is CC1(C)CCCC2CCCN21.Cn1nnn(-c2cc(Nc3ncc(F)c(NF)n3)c(F)cc2OCC(C)(C)O)c1=O. The van der Waals surface area contributed by atoms with Gasteiger partial charge in [0.15, 0.2) is 17.5 Å². The van der Waals surface area contributed by atoms with Gasteiger partial charge >= 0.3 is 5.69 Å². The van der Waals surface area contributed by atoms with Gasteiger partial charge in [-0.3, -0.25) is 4.90 Å². The fourth-order valence-electron chi connectivity index (χ4n) is 5.10. The average molecular weight is 580 g/mol. The zero-order chi connectivity index (χ0) is 29.9. The monoisotopic (exact) mass is 579 g/mol. The van der Waals surface area contributed by atoms with Gasteiger partial charge in [-0.15, -0.1) is 4.48 Å². The van der Waals surface area contributed by atoms with E-state index in [1.165, 1.54) is 59.5 Å². The molecule has 2 aliphatic heterocycles. The summed E-state index contributed by atoms with van der Waals surface area (Å²) in [6.45, 7) is 8.92. The first-order chi connectivity index (χ1) is 19.3. The summed E-state index contributed by atoms with van der Waals surface area (Å²) in [5, 5.41) is 19.6. The zero-order valence-electron chi connectivity index (χ0n) is 23.8. The largest absolute Gasteiger partial charge is 0.488 e.